The van der Waals surface area contributed by atoms with Gasteiger partial charge in [0, 0.05) is 65.1 Å². The van der Waals surface area contributed by atoms with Gasteiger partial charge in [0.05, 0.1) is 35.6 Å². The summed E-state index contributed by atoms with van der Waals surface area (Å²) in [6.45, 7) is 7.02. The van der Waals surface area contributed by atoms with Crippen molar-refractivity contribution in [1.82, 2.24) is 41.7 Å². The van der Waals surface area contributed by atoms with E-state index in [4.69, 9.17) is 24.5 Å². The number of hydrazine groups is 3. The minimum absolute atomic E-state index is 0.226. The number of nitrogens with one attached hydrogen (secondary N) is 4. The lowest BCUT2D eigenvalue weighted by Gasteiger charge is -2.09. The Morgan fingerprint density at radius 2 is 1.00 bits per heavy atom. The lowest BCUT2D eigenvalue weighted by atomic mass is 10.0. The predicted molar refractivity (Wildman–Crippen MR) is 288 cm³/mol. The van der Waals surface area contributed by atoms with Gasteiger partial charge in [-0.25, -0.2) is 21.3 Å². The predicted octanol–water partition coefficient (Wildman–Crippen LogP) is 7.86. The van der Waals surface area contributed by atoms with Crippen LogP contribution in [-0.2, 0) is 14.4 Å². The number of amides is 2. The molecule has 0 bridgehead atoms. The van der Waals surface area contributed by atoms with Crippen LogP contribution in [0.3, 0.4) is 0 Å². The van der Waals surface area contributed by atoms with Crippen molar-refractivity contribution in [3.63, 3.8) is 0 Å². The first-order valence-electron chi connectivity index (χ1n) is 23.3. The van der Waals surface area contributed by atoms with Crippen molar-refractivity contribution in [1.29, 1.82) is 0 Å². The van der Waals surface area contributed by atoms with Gasteiger partial charge in [-0.2, -0.15) is 0 Å². The van der Waals surface area contributed by atoms with Gasteiger partial charge in [0.15, 0.2) is 6.29 Å². The Labute approximate surface area is 425 Å². The quantitative estimate of drug-likeness (QED) is 0.0114. The second-order valence-corrected chi connectivity index (χ2v) is 15.0. The summed E-state index contributed by atoms with van der Waals surface area (Å²) in [6.07, 6.45) is 11.1. The third kappa shape index (κ3) is 19.4. The lowest BCUT2D eigenvalue weighted by molar-refractivity contribution is -0.129. The van der Waals surface area contributed by atoms with Crippen molar-refractivity contribution in [2.75, 3.05) is 27.3 Å². The fraction of sp³-hybridized carbons (Fsp3) is 0.200. The molecule has 0 aliphatic carbocycles. The standard InChI is InChI=1S/C25H23N3O3.C25H20N2O3.C2H6.CH4N2O.2CH6N2/c1-17-15-24(27-23-12-13-26-16-22(17)23)20-6-4-18(5-7-20)19-8-10-21(11-9-19)31-14-2-3-25(29)28-30;28-13-1-2-14-30-22-9-7-19(8-10-22)18-3-5-20(6-4-18)25-15-21(17-29)23-16-26-12-11-24(23)27-25;1-2;2-3-1-4;2*1-3-2/h4-13,15-16,30H,2-3,14H2,1H3,(H,28,29);3-13,15-17H,1-2,14H2;1-2H3;1H,2H2,(H,3,4);2*3H,2H2,1H3. The van der Waals surface area contributed by atoms with E-state index >= 15 is 0 Å². The molecule has 0 aliphatic heterocycles. The summed E-state index contributed by atoms with van der Waals surface area (Å²) in [6, 6.07) is 39.8. The molecular weight excluding hydrogens is 927 g/mol. The molecule has 0 unspecified atom stereocenters. The number of fused-ring (bicyclic) bond motifs is 2. The third-order valence-corrected chi connectivity index (χ3v) is 10.1. The zero-order chi connectivity index (χ0) is 53.2. The second-order valence-electron chi connectivity index (χ2n) is 15.0. The van der Waals surface area contributed by atoms with Gasteiger partial charge >= 0.3 is 0 Å². The van der Waals surface area contributed by atoms with E-state index in [0.29, 0.717) is 38.0 Å². The molecular formula is C55H65N11O7. The molecule has 4 aromatic carbocycles. The summed E-state index contributed by atoms with van der Waals surface area (Å²) >= 11 is 0. The maximum atomic E-state index is 11.5. The smallest absolute Gasteiger partial charge is 0.243 e. The topological polar surface area (TPSA) is 285 Å². The number of benzene rings is 4. The fourth-order valence-electron chi connectivity index (χ4n) is 6.71. The van der Waals surface area contributed by atoms with E-state index in [2.05, 4.69) is 80.6 Å². The number of aromatic nitrogens is 4. The van der Waals surface area contributed by atoms with Crippen LogP contribution in [0.2, 0.25) is 0 Å². The van der Waals surface area contributed by atoms with E-state index in [9.17, 15) is 14.4 Å². The molecule has 8 aromatic rings. The van der Waals surface area contributed by atoms with Gasteiger partial charge in [0.25, 0.3) is 0 Å². The fourth-order valence-corrected chi connectivity index (χ4v) is 6.71. The number of pyridine rings is 4. The minimum Gasteiger partial charge on any atom is -0.494 e. The highest BCUT2D eigenvalue weighted by Gasteiger charge is 2.10. The normalized spacial score (nSPS) is 9.82. The van der Waals surface area contributed by atoms with Crippen LogP contribution < -0.4 is 48.8 Å². The van der Waals surface area contributed by atoms with Crippen LogP contribution >= 0.6 is 0 Å². The zero-order valence-electron chi connectivity index (χ0n) is 41.7. The molecule has 2 amide bonds. The van der Waals surface area contributed by atoms with Crippen molar-refractivity contribution in [3.05, 3.63) is 157 Å². The number of carbonyl (C=O) groups is 4. The van der Waals surface area contributed by atoms with Crippen LogP contribution in [0.1, 0.15) is 55.5 Å². The molecule has 18 nitrogen and oxygen atoms in total. The van der Waals surface area contributed by atoms with Crippen LogP contribution in [0.5, 0.6) is 11.5 Å². The van der Waals surface area contributed by atoms with Crippen molar-refractivity contribution in [2.24, 2.45) is 17.5 Å². The van der Waals surface area contributed by atoms with E-state index in [1.54, 1.807) is 49.7 Å². The largest absolute Gasteiger partial charge is 0.494 e. The summed E-state index contributed by atoms with van der Waals surface area (Å²) < 4.78 is 11.3. The SMILES string of the molecule is CC.CNN.CNN.Cc1cc(-c2ccc(-c3ccc(OCCCC(=O)NO)cc3)cc2)nc2ccncc12.NNC=O.O=CCCCOc1ccc(-c2ccc(-c3cc(C=O)c4cnccc4n3)cc2)cc1. The molecule has 4 heterocycles. The van der Waals surface area contributed by atoms with Gasteiger partial charge in [0.2, 0.25) is 12.3 Å². The molecule has 0 fully saturated rings. The van der Waals surface area contributed by atoms with E-state index in [0.717, 1.165) is 103 Å². The van der Waals surface area contributed by atoms with Gasteiger partial charge in [0.1, 0.15) is 17.8 Å². The van der Waals surface area contributed by atoms with Gasteiger partial charge in [-0.15, -0.1) is 0 Å². The average molecular weight is 992 g/mol. The number of carbonyl (C=O) groups excluding carboxylic acids is 4. The molecule has 73 heavy (non-hydrogen) atoms. The van der Waals surface area contributed by atoms with Gasteiger partial charge in [-0.3, -0.25) is 57.5 Å². The summed E-state index contributed by atoms with van der Waals surface area (Å²) in [5.41, 5.74) is 19.3. The highest BCUT2D eigenvalue weighted by atomic mass is 16.5. The van der Waals surface area contributed by atoms with Crippen molar-refractivity contribution in [2.45, 2.75) is 46.5 Å². The lowest BCUT2D eigenvalue weighted by Crippen LogP contribution is -2.18. The molecule has 0 radical (unpaired) electrons. The van der Waals surface area contributed by atoms with Crippen LogP contribution in [-0.4, -0.2) is 77.3 Å². The molecule has 0 aliphatic rings. The first-order chi connectivity index (χ1) is 35.7. The average Bonchev–Trinajstić information content (AvgIpc) is 3.44. The number of unbranched alkanes of at least 4 members (excludes halogenated alkanes) is 1. The van der Waals surface area contributed by atoms with Crippen LogP contribution in [0, 0.1) is 6.92 Å². The summed E-state index contributed by atoms with van der Waals surface area (Å²) in [5.74, 6) is 14.7. The molecule has 4 aromatic heterocycles. The molecule has 0 spiro atoms. The number of hydroxylamine groups is 1. The van der Waals surface area contributed by atoms with Gasteiger partial charge < -0.3 is 14.3 Å². The highest BCUT2D eigenvalue weighted by Crippen LogP contribution is 2.30. The molecule has 0 saturated heterocycles. The number of aryl methyl sites for hydroxylation is 1. The number of hydrogen-bond acceptors (Lipinski definition) is 16. The number of rotatable bonds is 16. The molecule has 8 rings (SSSR count). The number of nitrogens with zero attached hydrogens (tertiary/aromatic N) is 4. The van der Waals surface area contributed by atoms with Crippen molar-refractivity contribution < 1.29 is 33.9 Å². The summed E-state index contributed by atoms with van der Waals surface area (Å²) in [5, 5.41) is 10.3. The van der Waals surface area contributed by atoms with E-state index in [1.165, 1.54) is 0 Å². The maximum absolute atomic E-state index is 11.5. The molecule has 11 N–H and O–H groups in total. The van der Waals surface area contributed by atoms with Gasteiger partial charge in [-0.1, -0.05) is 86.6 Å². The summed E-state index contributed by atoms with van der Waals surface area (Å²) in [7, 11) is 3.31. The number of aldehydes is 2. The molecule has 0 atom stereocenters. The Hall–Kier alpha value is -8.36. The number of hydrogen-bond donors (Lipinski definition) is 8. The van der Waals surface area contributed by atoms with Crippen LogP contribution in [0.25, 0.3) is 66.6 Å². The van der Waals surface area contributed by atoms with Crippen molar-refractivity contribution >= 4 is 46.7 Å². The highest BCUT2D eigenvalue weighted by molar-refractivity contribution is 5.97. The minimum atomic E-state index is -0.409. The Balaban J connectivity index is 0.000000317. The monoisotopic (exact) mass is 992 g/mol. The first-order valence-corrected chi connectivity index (χ1v) is 23.3. The Morgan fingerprint density at radius 3 is 1.42 bits per heavy atom. The van der Waals surface area contributed by atoms with E-state index in [1.807, 2.05) is 105 Å². The van der Waals surface area contributed by atoms with Crippen LogP contribution in [0.15, 0.2) is 146 Å². The van der Waals surface area contributed by atoms with E-state index in [-0.39, 0.29) is 6.42 Å². The second kappa shape index (κ2) is 34.0. The maximum Gasteiger partial charge on any atom is 0.243 e. The molecule has 18 heteroatoms. The molecule has 0 saturated carbocycles. The number of nitrogens with two attached hydrogens (primary N) is 3. The first kappa shape index (κ1) is 59.0. The summed E-state index contributed by atoms with van der Waals surface area (Å²) in [4.78, 5) is 59.5. The van der Waals surface area contributed by atoms with Crippen LogP contribution in [0.4, 0.5) is 0 Å². The van der Waals surface area contributed by atoms with E-state index < -0.39 is 5.91 Å². The Kier molecular flexibility index (Phi) is 27.5. The third-order valence-electron chi connectivity index (χ3n) is 10.1. The molecule has 382 valence electrons. The Bertz CT molecular complexity index is 2870. The number of ether oxygens (including phenoxy) is 2. The van der Waals surface area contributed by atoms with Crippen molar-refractivity contribution in [3.8, 4) is 56.3 Å². The zero-order valence-corrected chi connectivity index (χ0v) is 41.7. The Morgan fingerprint density at radius 1 is 0.603 bits per heavy atom. The van der Waals surface area contributed by atoms with Gasteiger partial charge in [-0.05, 0) is 110 Å².